The van der Waals surface area contributed by atoms with Gasteiger partial charge in [0.05, 0.1) is 11.3 Å². The zero-order chi connectivity index (χ0) is 28.8. The Hall–Kier alpha value is -3.37. The third kappa shape index (κ3) is 9.40. The number of aliphatic carboxylic acids is 1. The van der Waals surface area contributed by atoms with Crippen LogP contribution in [0.25, 0.3) is 11.0 Å². The number of carboxylic acids is 1. The SMILES string of the molecule is Cc1cc2c(Oc3ccc(CC(CNC(=O)OC(C)(C)C)C(=O)O)cc3)ccnc2n1COCC[Si](C)(C)C. The summed E-state index contributed by atoms with van der Waals surface area (Å²) in [6.07, 6.45) is 1.34. The van der Waals surface area contributed by atoms with Crippen molar-refractivity contribution in [2.75, 3.05) is 13.2 Å². The van der Waals surface area contributed by atoms with E-state index in [-0.39, 0.29) is 13.0 Å². The van der Waals surface area contributed by atoms with Gasteiger partial charge in [-0.1, -0.05) is 31.8 Å². The second-order valence-electron chi connectivity index (χ2n) is 12.0. The van der Waals surface area contributed by atoms with Gasteiger partial charge in [0.1, 0.15) is 29.5 Å². The van der Waals surface area contributed by atoms with Gasteiger partial charge in [-0.15, -0.1) is 0 Å². The zero-order valence-corrected chi connectivity index (χ0v) is 25.0. The Morgan fingerprint density at radius 1 is 1.13 bits per heavy atom. The van der Waals surface area contributed by atoms with Gasteiger partial charge < -0.3 is 29.2 Å². The second kappa shape index (κ2) is 12.7. The third-order valence-corrected chi connectivity index (χ3v) is 7.76. The van der Waals surface area contributed by atoms with E-state index in [4.69, 9.17) is 14.2 Å². The van der Waals surface area contributed by atoms with Gasteiger partial charge in [-0.05, 0) is 70.0 Å². The minimum Gasteiger partial charge on any atom is -0.481 e. The smallest absolute Gasteiger partial charge is 0.407 e. The molecule has 0 aliphatic heterocycles. The number of pyridine rings is 1. The molecular formula is C29H41N3O6Si. The maximum absolute atomic E-state index is 11.9. The van der Waals surface area contributed by atoms with Crippen LogP contribution in [0, 0.1) is 12.8 Å². The van der Waals surface area contributed by atoms with Crippen LogP contribution < -0.4 is 10.1 Å². The number of nitrogens with one attached hydrogen (secondary N) is 1. The number of carbonyl (C=O) groups excluding carboxylic acids is 1. The summed E-state index contributed by atoms with van der Waals surface area (Å²) in [6.45, 7) is 15.4. The molecule has 212 valence electrons. The Morgan fingerprint density at radius 2 is 1.82 bits per heavy atom. The van der Waals surface area contributed by atoms with Gasteiger partial charge in [-0.25, -0.2) is 9.78 Å². The molecule has 0 aliphatic rings. The standard InChI is InChI=1S/C29H41N3O6Si/c1-20-16-24-25(12-13-30-26(24)32(20)19-36-14-15-39(5,6)7)37-23-10-8-21(9-11-23)17-22(27(33)34)18-31-28(35)38-29(2,3)4/h8-13,16,22H,14-15,17-19H2,1-7H3,(H,31,35)(H,33,34). The summed E-state index contributed by atoms with van der Waals surface area (Å²) in [4.78, 5) is 28.2. The summed E-state index contributed by atoms with van der Waals surface area (Å²) in [5.41, 5.74) is 2.01. The van der Waals surface area contributed by atoms with Crippen LogP contribution in [0.4, 0.5) is 4.79 Å². The van der Waals surface area contributed by atoms with Crippen molar-refractivity contribution in [2.45, 2.75) is 72.1 Å². The van der Waals surface area contributed by atoms with Crippen LogP contribution >= 0.6 is 0 Å². The number of carboxylic acid groups (broad SMARTS) is 1. The number of benzene rings is 1. The number of hydrogen-bond acceptors (Lipinski definition) is 6. The quantitative estimate of drug-likeness (QED) is 0.202. The van der Waals surface area contributed by atoms with Crippen molar-refractivity contribution < 1.29 is 28.9 Å². The van der Waals surface area contributed by atoms with E-state index in [1.807, 2.05) is 47.9 Å². The summed E-state index contributed by atoms with van der Waals surface area (Å²) in [5, 5.41) is 13.1. The molecule has 0 fully saturated rings. The molecule has 2 heterocycles. The minimum absolute atomic E-state index is 0.0321. The van der Waals surface area contributed by atoms with Gasteiger partial charge in [0.2, 0.25) is 0 Å². The van der Waals surface area contributed by atoms with Crippen LogP contribution in [0.5, 0.6) is 11.5 Å². The molecule has 1 atom stereocenters. The van der Waals surface area contributed by atoms with Crippen molar-refractivity contribution in [1.82, 2.24) is 14.9 Å². The summed E-state index contributed by atoms with van der Waals surface area (Å²) in [6, 6.07) is 12.3. The Kier molecular flexibility index (Phi) is 9.79. The highest BCUT2D eigenvalue weighted by molar-refractivity contribution is 6.76. The molecule has 10 heteroatoms. The lowest BCUT2D eigenvalue weighted by Gasteiger charge is -2.21. The van der Waals surface area contributed by atoms with Gasteiger partial charge in [-0.2, -0.15) is 0 Å². The fourth-order valence-electron chi connectivity index (χ4n) is 3.91. The number of fused-ring (bicyclic) bond motifs is 1. The van der Waals surface area contributed by atoms with Gasteiger partial charge in [0.15, 0.2) is 0 Å². The number of aryl methyl sites for hydroxylation is 1. The van der Waals surface area contributed by atoms with E-state index < -0.39 is 31.7 Å². The van der Waals surface area contributed by atoms with Gasteiger partial charge >= 0.3 is 12.1 Å². The van der Waals surface area contributed by atoms with E-state index in [0.29, 0.717) is 18.2 Å². The van der Waals surface area contributed by atoms with Crippen LogP contribution in [0.15, 0.2) is 42.6 Å². The summed E-state index contributed by atoms with van der Waals surface area (Å²) in [7, 11) is -1.16. The van der Waals surface area contributed by atoms with Crippen LogP contribution in [0.3, 0.4) is 0 Å². The molecule has 1 aromatic carbocycles. The molecule has 1 amide bonds. The first-order valence-corrected chi connectivity index (χ1v) is 16.9. The summed E-state index contributed by atoms with van der Waals surface area (Å²) in [5.74, 6) is -0.474. The van der Waals surface area contributed by atoms with E-state index >= 15 is 0 Å². The molecule has 3 aromatic rings. The molecule has 3 rings (SSSR count). The number of nitrogens with zero attached hydrogens (tertiary/aromatic N) is 2. The Balaban J connectivity index is 1.64. The van der Waals surface area contributed by atoms with Crippen molar-refractivity contribution >= 4 is 31.2 Å². The molecule has 0 saturated heterocycles. The minimum atomic E-state index is -1.16. The third-order valence-electron chi connectivity index (χ3n) is 6.05. The van der Waals surface area contributed by atoms with Gasteiger partial charge in [-0.3, -0.25) is 4.79 Å². The number of rotatable bonds is 12. The van der Waals surface area contributed by atoms with E-state index in [1.54, 1.807) is 27.0 Å². The monoisotopic (exact) mass is 555 g/mol. The molecule has 2 N–H and O–H groups in total. The maximum atomic E-state index is 11.9. The highest BCUT2D eigenvalue weighted by atomic mass is 28.3. The Bertz CT molecular complexity index is 1280. The molecule has 0 spiro atoms. The second-order valence-corrected chi connectivity index (χ2v) is 17.6. The largest absolute Gasteiger partial charge is 0.481 e. The average Bonchev–Trinajstić information content (AvgIpc) is 3.14. The van der Waals surface area contributed by atoms with Crippen molar-refractivity contribution in [3.8, 4) is 11.5 Å². The Labute approximate surface area is 231 Å². The van der Waals surface area contributed by atoms with E-state index in [1.165, 1.54) is 0 Å². The number of alkyl carbamates (subject to hydrolysis) is 1. The maximum Gasteiger partial charge on any atom is 0.407 e. The van der Waals surface area contributed by atoms with Crippen molar-refractivity contribution in [3.63, 3.8) is 0 Å². The number of ether oxygens (including phenoxy) is 3. The highest BCUT2D eigenvalue weighted by Crippen LogP contribution is 2.31. The lowest BCUT2D eigenvalue weighted by atomic mass is 9.99. The average molecular weight is 556 g/mol. The lowest BCUT2D eigenvalue weighted by molar-refractivity contribution is -0.141. The van der Waals surface area contributed by atoms with Crippen LogP contribution in [0.1, 0.15) is 32.0 Å². The molecule has 0 radical (unpaired) electrons. The van der Waals surface area contributed by atoms with E-state index in [0.717, 1.165) is 34.9 Å². The fourth-order valence-corrected chi connectivity index (χ4v) is 4.67. The van der Waals surface area contributed by atoms with Gasteiger partial charge in [0.25, 0.3) is 0 Å². The molecule has 0 aliphatic carbocycles. The lowest BCUT2D eigenvalue weighted by Crippen LogP contribution is -2.37. The summed E-state index contributed by atoms with van der Waals surface area (Å²) >= 11 is 0. The summed E-state index contributed by atoms with van der Waals surface area (Å²) < 4.78 is 19.4. The van der Waals surface area contributed by atoms with E-state index in [9.17, 15) is 14.7 Å². The number of carbonyl (C=O) groups is 2. The molecule has 0 bridgehead atoms. The van der Waals surface area contributed by atoms with Gasteiger partial charge in [0, 0.05) is 33.1 Å². The Morgan fingerprint density at radius 3 is 2.44 bits per heavy atom. The fraction of sp³-hybridized carbons (Fsp3) is 0.483. The molecular weight excluding hydrogens is 514 g/mol. The first kappa shape index (κ1) is 30.2. The molecule has 0 saturated carbocycles. The van der Waals surface area contributed by atoms with E-state index in [2.05, 4.69) is 29.9 Å². The molecule has 39 heavy (non-hydrogen) atoms. The predicted octanol–water partition coefficient (Wildman–Crippen LogP) is 6.22. The first-order valence-electron chi connectivity index (χ1n) is 13.2. The highest BCUT2D eigenvalue weighted by Gasteiger charge is 2.22. The molecule has 1 unspecified atom stereocenters. The molecule has 9 nitrogen and oxygen atoms in total. The molecule has 2 aromatic heterocycles. The zero-order valence-electron chi connectivity index (χ0n) is 24.0. The normalized spacial score (nSPS) is 12.8. The van der Waals surface area contributed by atoms with Crippen molar-refractivity contribution in [1.29, 1.82) is 0 Å². The number of hydrogen-bond donors (Lipinski definition) is 2. The van der Waals surface area contributed by atoms with Crippen LogP contribution in [-0.2, 0) is 27.4 Å². The topological polar surface area (TPSA) is 112 Å². The van der Waals surface area contributed by atoms with Crippen molar-refractivity contribution in [3.05, 3.63) is 53.9 Å². The number of aromatic nitrogens is 2. The predicted molar refractivity (Wildman–Crippen MR) is 154 cm³/mol. The van der Waals surface area contributed by atoms with Crippen LogP contribution in [0.2, 0.25) is 25.7 Å². The van der Waals surface area contributed by atoms with Crippen LogP contribution in [-0.4, -0.2) is 53.5 Å². The van der Waals surface area contributed by atoms with Crippen molar-refractivity contribution in [2.24, 2.45) is 5.92 Å². The number of amides is 1. The first-order chi connectivity index (χ1) is 18.2.